The molecule has 0 unspecified atom stereocenters. The molecule has 0 saturated heterocycles. The van der Waals surface area contributed by atoms with E-state index in [4.69, 9.17) is 11.5 Å². The molecule has 1 fully saturated rings. The molecule has 2 aliphatic rings. The van der Waals surface area contributed by atoms with E-state index < -0.39 is 5.66 Å². The van der Waals surface area contributed by atoms with Crippen LogP contribution >= 0.6 is 0 Å². The van der Waals surface area contributed by atoms with Crippen LogP contribution in [0.25, 0.3) is 0 Å². The summed E-state index contributed by atoms with van der Waals surface area (Å²) in [4.78, 5) is 28.0. The molecule has 0 atom stereocenters. The number of nitrogens with two attached hydrogens (primary N) is 2. The molecule has 0 radical (unpaired) electrons. The third kappa shape index (κ3) is 3.78. The van der Waals surface area contributed by atoms with Gasteiger partial charge >= 0.3 is 0 Å². The molecule has 2 heterocycles. The van der Waals surface area contributed by atoms with E-state index in [0.717, 1.165) is 37.8 Å². The average molecular weight is 391 g/mol. The maximum absolute atomic E-state index is 13.0. The zero-order chi connectivity index (χ0) is 20.3. The number of nitrogens with one attached hydrogen (secondary N) is 1. The third-order valence-corrected chi connectivity index (χ3v) is 5.40. The van der Waals surface area contributed by atoms with Gasteiger partial charge in [-0.2, -0.15) is 4.99 Å². The summed E-state index contributed by atoms with van der Waals surface area (Å²) in [7, 11) is 0. The van der Waals surface area contributed by atoms with Crippen molar-refractivity contribution in [2.75, 3.05) is 4.90 Å². The average Bonchev–Trinajstić information content (AvgIpc) is 2.73. The maximum Gasteiger partial charge on any atom is 0.253 e. The number of benzene rings is 1. The fraction of sp³-hybridized carbons (Fsp3) is 0.333. The van der Waals surface area contributed by atoms with Gasteiger partial charge in [-0.15, -0.1) is 0 Å². The van der Waals surface area contributed by atoms with Gasteiger partial charge in [0.25, 0.3) is 5.91 Å². The SMILES string of the molecule is NC1=NC2(CCCCC2)N(c2ccccc2C(=O)NCc2ccccn2)C(N)=N1. The van der Waals surface area contributed by atoms with Gasteiger partial charge in [0.1, 0.15) is 5.66 Å². The van der Waals surface area contributed by atoms with Crippen molar-refractivity contribution in [2.24, 2.45) is 21.5 Å². The van der Waals surface area contributed by atoms with Crippen LogP contribution in [0.5, 0.6) is 0 Å². The van der Waals surface area contributed by atoms with Crippen LogP contribution in [-0.4, -0.2) is 28.5 Å². The zero-order valence-corrected chi connectivity index (χ0v) is 16.2. The molecule has 29 heavy (non-hydrogen) atoms. The predicted octanol–water partition coefficient (Wildman–Crippen LogP) is 2.12. The topological polar surface area (TPSA) is 122 Å². The van der Waals surface area contributed by atoms with E-state index in [1.54, 1.807) is 12.3 Å². The van der Waals surface area contributed by atoms with Crippen molar-refractivity contribution in [3.8, 4) is 0 Å². The summed E-state index contributed by atoms with van der Waals surface area (Å²) < 4.78 is 0. The molecule has 1 spiro atoms. The first-order valence-corrected chi connectivity index (χ1v) is 9.86. The summed E-state index contributed by atoms with van der Waals surface area (Å²) in [6.07, 6.45) is 6.52. The number of para-hydroxylation sites is 1. The number of nitrogens with zero attached hydrogens (tertiary/aromatic N) is 4. The van der Waals surface area contributed by atoms with Crippen molar-refractivity contribution < 1.29 is 4.79 Å². The van der Waals surface area contributed by atoms with Crippen molar-refractivity contribution in [2.45, 2.75) is 44.3 Å². The Morgan fingerprint density at radius 2 is 1.83 bits per heavy atom. The maximum atomic E-state index is 13.0. The first-order chi connectivity index (χ1) is 14.1. The van der Waals surface area contributed by atoms with Gasteiger partial charge < -0.3 is 16.8 Å². The minimum Gasteiger partial charge on any atom is -0.369 e. The molecule has 1 amide bonds. The van der Waals surface area contributed by atoms with Crippen molar-refractivity contribution >= 4 is 23.5 Å². The standard InChI is InChI=1S/C21H25N7O/c22-19-26-20(23)28(21(27-19)11-5-1-6-12-21)17-10-3-2-9-16(17)18(29)25-14-15-8-4-7-13-24-15/h2-4,7-10,13H,1,5-6,11-12,14H2,(H,25,29)(H4,22,23,26,27). The van der Waals surface area contributed by atoms with Crippen molar-refractivity contribution in [3.63, 3.8) is 0 Å². The zero-order valence-electron chi connectivity index (χ0n) is 16.2. The number of pyridine rings is 1. The summed E-state index contributed by atoms with van der Waals surface area (Å²) in [5, 5.41) is 2.94. The predicted molar refractivity (Wildman–Crippen MR) is 113 cm³/mol. The molecule has 8 nitrogen and oxygen atoms in total. The Kier molecular flexibility index (Phi) is 5.16. The van der Waals surface area contributed by atoms with Gasteiger partial charge in [0.15, 0.2) is 0 Å². The first-order valence-electron chi connectivity index (χ1n) is 9.86. The number of guanidine groups is 2. The fourth-order valence-electron chi connectivity index (χ4n) is 4.10. The van der Waals surface area contributed by atoms with Crippen molar-refractivity contribution in [3.05, 3.63) is 59.9 Å². The summed E-state index contributed by atoms with van der Waals surface area (Å²) in [6.45, 7) is 0.341. The van der Waals surface area contributed by atoms with E-state index in [2.05, 4.69) is 20.3 Å². The molecule has 5 N–H and O–H groups in total. The fourth-order valence-corrected chi connectivity index (χ4v) is 4.10. The Bertz CT molecular complexity index is 949. The molecule has 1 aliphatic heterocycles. The minimum absolute atomic E-state index is 0.192. The normalized spacial score (nSPS) is 18.1. The van der Waals surface area contributed by atoms with E-state index in [9.17, 15) is 4.79 Å². The van der Waals surface area contributed by atoms with Crippen LogP contribution in [0.1, 0.15) is 48.2 Å². The highest BCUT2D eigenvalue weighted by Gasteiger charge is 2.43. The Morgan fingerprint density at radius 3 is 2.59 bits per heavy atom. The van der Waals surface area contributed by atoms with Gasteiger partial charge in [0.2, 0.25) is 11.9 Å². The van der Waals surface area contributed by atoms with Gasteiger partial charge in [0.05, 0.1) is 23.5 Å². The molecule has 1 aromatic heterocycles. The number of amides is 1. The molecule has 1 aromatic carbocycles. The van der Waals surface area contributed by atoms with E-state index in [0.29, 0.717) is 17.8 Å². The van der Waals surface area contributed by atoms with Gasteiger partial charge in [0, 0.05) is 6.20 Å². The molecule has 150 valence electrons. The lowest BCUT2D eigenvalue weighted by molar-refractivity contribution is 0.0951. The van der Waals surface area contributed by atoms with Gasteiger partial charge in [-0.3, -0.25) is 14.7 Å². The summed E-state index contributed by atoms with van der Waals surface area (Å²) >= 11 is 0. The van der Waals surface area contributed by atoms with Gasteiger partial charge in [-0.25, -0.2) is 4.99 Å². The molecule has 1 aliphatic carbocycles. The largest absolute Gasteiger partial charge is 0.369 e. The Labute approximate surface area is 169 Å². The van der Waals surface area contributed by atoms with Gasteiger partial charge in [-0.1, -0.05) is 24.6 Å². The quantitative estimate of drug-likeness (QED) is 0.737. The van der Waals surface area contributed by atoms with Crippen LogP contribution in [0.15, 0.2) is 58.6 Å². The molecule has 2 aromatic rings. The van der Waals surface area contributed by atoms with Crippen molar-refractivity contribution in [1.82, 2.24) is 10.3 Å². The lowest BCUT2D eigenvalue weighted by atomic mass is 9.87. The number of anilines is 1. The van der Waals surface area contributed by atoms with Crippen LogP contribution in [-0.2, 0) is 6.54 Å². The van der Waals surface area contributed by atoms with E-state index in [-0.39, 0.29) is 17.8 Å². The van der Waals surface area contributed by atoms with Gasteiger partial charge in [-0.05, 0) is 49.9 Å². The monoisotopic (exact) mass is 391 g/mol. The molecule has 1 saturated carbocycles. The molecule has 8 heteroatoms. The number of aliphatic imine (C=N–C) groups is 2. The first kappa shape index (κ1) is 18.9. The highest BCUT2D eigenvalue weighted by Crippen LogP contribution is 2.40. The van der Waals surface area contributed by atoms with Crippen LogP contribution < -0.4 is 21.7 Å². The lowest BCUT2D eigenvalue weighted by Gasteiger charge is -2.46. The van der Waals surface area contributed by atoms with Crippen LogP contribution in [0.2, 0.25) is 0 Å². The second-order valence-corrected chi connectivity index (χ2v) is 7.34. The number of hydrogen-bond acceptors (Lipinski definition) is 7. The minimum atomic E-state index is -0.592. The second kappa shape index (κ2) is 7.90. The second-order valence-electron chi connectivity index (χ2n) is 7.34. The molecular formula is C21H25N7O. The highest BCUT2D eigenvalue weighted by atomic mass is 16.1. The van der Waals surface area contributed by atoms with E-state index in [1.165, 1.54) is 0 Å². The van der Waals surface area contributed by atoms with E-state index >= 15 is 0 Å². The Morgan fingerprint density at radius 1 is 1.07 bits per heavy atom. The molecular weight excluding hydrogens is 366 g/mol. The Hall–Kier alpha value is -3.42. The molecule has 0 bridgehead atoms. The summed E-state index contributed by atoms with van der Waals surface area (Å²) in [5.74, 6) is 0.259. The number of hydrogen-bond donors (Lipinski definition) is 3. The number of carbonyl (C=O) groups is 1. The smallest absolute Gasteiger partial charge is 0.253 e. The van der Waals surface area contributed by atoms with E-state index in [1.807, 2.05) is 41.3 Å². The van der Waals surface area contributed by atoms with Crippen LogP contribution in [0, 0.1) is 0 Å². The van der Waals surface area contributed by atoms with Crippen LogP contribution in [0.3, 0.4) is 0 Å². The number of aromatic nitrogens is 1. The Balaban J connectivity index is 1.66. The molecule has 4 rings (SSSR count). The lowest BCUT2D eigenvalue weighted by Crippen LogP contribution is -2.58. The summed E-state index contributed by atoms with van der Waals surface area (Å²) in [5.41, 5.74) is 13.7. The van der Waals surface area contributed by atoms with Crippen LogP contribution in [0.4, 0.5) is 5.69 Å². The highest BCUT2D eigenvalue weighted by molar-refractivity contribution is 6.10. The number of rotatable bonds is 4. The number of carbonyl (C=O) groups excluding carboxylic acids is 1. The third-order valence-electron chi connectivity index (χ3n) is 5.40. The summed E-state index contributed by atoms with van der Waals surface area (Å²) in [6, 6.07) is 13.0. The van der Waals surface area contributed by atoms with Crippen molar-refractivity contribution in [1.29, 1.82) is 0 Å².